The van der Waals surface area contributed by atoms with Gasteiger partial charge in [-0.1, -0.05) is 20.8 Å². The number of rotatable bonds is 12. The Hall–Kier alpha value is -0.910. The third-order valence-corrected chi connectivity index (χ3v) is 13.0. The molecule has 1 saturated heterocycles. The van der Waals surface area contributed by atoms with Crippen molar-refractivity contribution in [2.24, 2.45) is 40.4 Å². The minimum absolute atomic E-state index is 0.0197. The van der Waals surface area contributed by atoms with Crippen LogP contribution in [0.4, 0.5) is 0 Å². The van der Waals surface area contributed by atoms with E-state index in [1.165, 1.54) is 0 Å². The lowest BCUT2D eigenvalue weighted by molar-refractivity contribution is -0.193. The maximum absolute atomic E-state index is 13.8. The van der Waals surface area contributed by atoms with E-state index in [4.69, 9.17) is 14.2 Å². The van der Waals surface area contributed by atoms with E-state index in [1.807, 2.05) is 0 Å². The van der Waals surface area contributed by atoms with E-state index < -0.39 is 34.9 Å². The highest BCUT2D eigenvalue weighted by Crippen LogP contribution is 2.68. The number of methoxy groups -OCH3 is 1. The first-order valence-corrected chi connectivity index (χ1v) is 17.2. The van der Waals surface area contributed by atoms with Crippen LogP contribution in [0, 0.1) is 40.4 Å². The molecule has 3 saturated carbocycles. The quantitative estimate of drug-likeness (QED) is 0.208. The molecular weight excluding hydrogens is 562 g/mol. The van der Waals surface area contributed by atoms with Crippen LogP contribution in [-0.2, 0) is 19.0 Å². The van der Waals surface area contributed by atoms with Crippen molar-refractivity contribution in [2.45, 2.75) is 122 Å². The number of aliphatic hydroxyl groups excluding tert-OH is 2. The Labute approximate surface area is 264 Å². The fourth-order valence-electron chi connectivity index (χ4n) is 10.3. The molecule has 5 N–H and O–H groups in total. The number of carbonyl (C=O) groups is 1. The topological polar surface area (TPSA) is 138 Å². The lowest BCUT2D eigenvalue weighted by atomic mass is 9.46. The molecule has 4 aliphatic carbocycles. The lowest BCUT2D eigenvalue weighted by Gasteiger charge is -2.60. The third kappa shape index (κ3) is 5.76. The van der Waals surface area contributed by atoms with E-state index in [9.17, 15) is 25.2 Å². The fourth-order valence-corrected chi connectivity index (χ4v) is 10.3. The number of hydrogen-bond acceptors (Lipinski definition) is 9. The van der Waals surface area contributed by atoms with Gasteiger partial charge in [0.05, 0.1) is 36.1 Å². The molecule has 4 fully saturated rings. The van der Waals surface area contributed by atoms with Crippen molar-refractivity contribution >= 4 is 5.78 Å². The Morgan fingerprint density at radius 2 is 1.89 bits per heavy atom. The molecule has 9 heteroatoms. The van der Waals surface area contributed by atoms with E-state index in [0.717, 1.165) is 37.7 Å². The van der Waals surface area contributed by atoms with E-state index >= 15 is 0 Å². The van der Waals surface area contributed by atoms with E-state index in [2.05, 4.69) is 26.1 Å². The second-order valence-electron chi connectivity index (χ2n) is 15.8. The Bertz CT molecular complexity index is 1060. The molecular formula is C35H59NO8. The third-order valence-electron chi connectivity index (χ3n) is 13.0. The molecule has 1 aliphatic heterocycles. The maximum Gasteiger partial charge on any atom is 0.159 e. The van der Waals surface area contributed by atoms with Gasteiger partial charge in [0.25, 0.3) is 0 Å². The molecule has 0 bridgehead atoms. The minimum atomic E-state index is -1.51. The number of ether oxygens (including phenoxy) is 3. The number of ketones is 1. The van der Waals surface area contributed by atoms with Gasteiger partial charge in [-0.3, -0.25) is 4.79 Å². The molecule has 0 amide bonds. The number of carbonyl (C=O) groups excluding carboxylic acids is 1. The second kappa shape index (κ2) is 12.9. The van der Waals surface area contributed by atoms with Gasteiger partial charge in [0.1, 0.15) is 6.10 Å². The summed E-state index contributed by atoms with van der Waals surface area (Å²) in [6, 6.07) is 0. The normalized spacial score (nSPS) is 44.7. The number of aliphatic hydroxyl groups is 4. The Kier molecular flexibility index (Phi) is 10.1. The molecule has 0 radical (unpaired) electrons. The molecule has 0 aromatic heterocycles. The molecule has 0 spiro atoms. The van der Waals surface area contributed by atoms with Crippen LogP contribution in [0.5, 0.6) is 0 Å². The van der Waals surface area contributed by atoms with E-state index in [1.54, 1.807) is 27.0 Å². The molecule has 5 aliphatic rings. The first kappa shape index (κ1) is 34.4. The van der Waals surface area contributed by atoms with Gasteiger partial charge in [0.15, 0.2) is 5.78 Å². The van der Waals surface area contributed by atoms with Crippen molar-refractivity contribution in [3.63, 3.8) is 0 Å². The number of hydrogen-bond donors (Lipinski definition) is 5. The highest BCUT2D eigenvalue weighted by atomic mass is 16.5. The van der Waals surface area contributed by atoms with Gasteiger partial charge < -0.3 is 40.0 Å². The summed E-state index contributed by atoms with van der Waals surface area (Å²) in [5.41, 5.74) is -2.80. The highest BCUT2D eigenvalue weighted by Gasteiger charge is 2.69. The summed E-state index contributed by atoms with van der Waals surface area (Å²) in [4.78, 5) is 13.8. The fraction of sp³-hybridized carbons (Fsp3) is 0.914. The highest BCUT2D eigenvalue weighted by molar-refractivity contribution is 5.95. The molecule has 5 rings (SSSR count). The van der Waals surface area contributed by atoms with Crippen molar-refractivity contribution in [1.82, 2.24) is 5.32 Å². The summed E-state index contributed by atoms with van der Waals surface area (Å²) in [7, 11) is 1.69. The van der Waals surface area contributed by atoms with Crippen molar-refractivity contribution in [3.8, 4) is 0 Å². The van der Waals surface area contributed by atoms with Gasteiger partial charge in [0.2, 0.25) is 0 Å². The Morgan fingerprint density at radius 1 is 1.14 bits per heavy atom. The van der Waals surface area contributed by atoms with E-state index in [0.29, 0.717) is 52.2 Å². The lowest BCUT2D eigenvalue weighted by Crippen LogP contribution is -2.63. The standard InChI is InChI=1S/C35H59NO8/c1-21-20-44-30(24(21)19-36-18-22(2)37)31(39)34(5,40)29-10-13-35(41)26-17-28(38)27-16-23(43-15-7-14-42-6)8-11-32(27,3)25(26)9-12-33(29,35)4/h17,21-25,27,29-31,36-37,39-41H,7-16,18-20H2,1-6H3. The molecule has 0 aromatic rings. The van der Waals surface area contributed by atoms with Gasteiger partial charge in [-0.25, -0.2) is 0 Å². The number of nitrogens with one attached hydrogen (secondary N) is 1. The number of allylic oxidation sites excluding steroid dienone is 1. The van der Waals surface area contributed by atoms with Crippen molar-refractivity contribution < 1.29 is 39.4 Å². The SMILES string of the molecule is COCCCOC1CCC2(C)C(C1)C(=O)C=C1C2CCC2(C)C(C(C)(O)C(O)C3OCC(C)C3CNCC(C)O)CCC12O. The average Bonchev–Trinajstić information content (AvgIpc) is 3.47. The van der Waals surface area contributed by atoms with Gasteiger partial charge in [-0.05, 0) is 100 Å². The molecule has 0 aromatic carbocycles. The summed E-state index contributed by atoms with van der Waals surface area (Å²) in [6.07, 6.45) is 5.58. The van der Waals surface area contributed by atoms with Crippen molar-refractivity contribution in [2.75, 3.05) is 40.0 Å². The Balaban J connectivity index is 1.34. The summed E-state index contributed by atoms with van der Waals surface area (Å²) < 4.78 is 17.4. The molecule has 1 heterocycles. The van der Waals surface area contributed by atoms with Crippen molar-refractivity contribution in [1.29, 1.82) is 0 Å². The molecule has 44 heavy (non-hydrogen) atoms. The van der Waals surface area contributed by atoms with Gasteiger partial charge in [0, 0.05) is 50.7 Å². The predicted octanol–water partition coefficient (Wildman–Crippen LogP) is 3.01. The zero-order valence-corrected chi connectivity index (χ0v) is 27.9. The van der Waals surface area contributed by atoms with Crippen LogP contribution in [0.3, 0.4) is 0 Å². The molecule has 13 atom stereocenters. The van der Waals surface area contributed by atoms with Crippen LogP contribution in [-0.4, -0.2) is 102 Å². The second-order valence-corrected chi connectivity index (χ2v) is 15.8. The zero-order valence-electron chi connectivity index (χ0n) is 27.9. The molecule has 252 valence electrons. The first-order chi connectivity index (χ1) is 20.7. The Morgan fingerprint density at radius 3 is 2.59 bits per heavy atom. The molecule has 9 nitrogen and oxygen atoms in total. The smallest absolute Gasteiger partial charge is 0.159 e. The predicted molar refractivity (Wildman–Crippen MR) is 167 cm³/mol. The van der Waals surface area contributed by atoms with E-state index in [-0.39, 0.29) is 46.9 Å². The largest absolute Gasteiger partial charge is 0.392 e. The average molecular weight is 622 g/mol. The summed E-state index contributed by atoms with van der Waals surface area (Å²) in [5.74, 6) is -0.120. The zero-order chi connectivity index (χ0) is 32.1. The van der Waals surface area contributed by atoms with Crippen LogP contribution in [0.25, 0.3) is 0 Å². The number of fused-ring (bicyclic) bond motifs is 5. The van der Waals surface area contributed by atoms with Crippen molar-refractivity contribution in [3.05, 3.63) is 11.6 Å². The summed E-state index contributed by atoms with van der Waals surface area (Å²) >= 11 is 0. The van der Waals surface area contributed by atoms with Crippen LogP contribution in [0.1, 0.15) is 86.0 Å². The van der Waals surface area contributed by atoms with Gasteiger partial charge >= 0.3 is 0 Å². The minimum Gasteiger partial charge on any atom is -0.392 e. The van der Waals surface area contributed by atoms with Crippen LogP contribution in [0.2, 0.25) is 0 Å². The summed E-state index contributed by atoms with van der Waals surface area (Å²) in [5, 5.41) is 49.6. The monoisotopic (exact) mass is 621 g/mol. The summed E-state index contributed by atoms with van der Waals surface area (Å²) in [6.45, 7) is 12.7. The van der Waals surface area contributed by atoms with Crippen LogP contribution >= 0.6 is 0 Å². The van der Waals surface area contributed by atoms with Crippen LogP contribution in [0.15, 0.2) is 11.6 Å². The van der Waals surface area contributed by atoms with Gasteiger partial charge in [-0.15, -0.1) is 0 Å². The maximum atomic E-state index is 13.8. The van der Waals surface area contributed by atoms with Gasteiger partial charge in [-0.2, -0.15) is 0 Å². The van der Waals surface area contributed by atoms with Crippen LogP contribution < -0.4 is 5.32 Å². The first-order valence-electron chi connectivity index (χ1n) is 17.2. The molecule has 13 unspecified atom stereocenters.